The summed E-state index contributed by atoms with van der Waals surface area (Å²) >= 11 is 5.88. The quantitative estimate of drug-likeness (QED) is 0.131. The third-order valence-electron chi connectivity index (χ3n) is 7.72. The second-order valence-corrected chi connectivity index (χ2v) is 11.0. The lowest BCUT2D eigenvalue weighted by Crippen LogP contribution is -2.33. The van der Waals surface area contributed by atoms with Crippen LogP contribution < -0.4 is 10.0 Å². The van der Waals surface area contributed by atoms with Gasteiger partial charge in [-0.05, 0) is 59.9 Å². The summed E-state index contributed by atoms with van der Waals surface area (Å²) in [6, 6.07) is 21.0. The first-order valence-electron chi connectivity index (χ1n) is 14.0. The molecule has 1 amide bonds. The van der Waals surface area contributed by atoms with Crippen molar-refractivity contribution in [2.45, 2.75) is 38.0 Å². The smallest absolute Gasteiger partial charge is 0.224 e. The molecule has 216 valence electrons. The number of carbonyl (C=O) groups is 1. The Labute approximate surface area is 252 Å². The maximum atomic E-state index is 14.7. The summed E-state index contributed by atoms with van der Waals surface area (Å²) in [4.78, 5) is 21.6. The fraction of sp³-hybridized carbons (Fsp3) is 0.176. The zero-order chi connectivity index (χ0) is 29.9. The minimum absolute atomic E-state index is 0.0866. The van der Waals surface area contributed by atoms with Gasteiger partial charge in [-0.3, -0.25) is 4.79 Å². The fourth-order valence-corrected chi connectivity index (χ4v) is 5.77. The fourth-order valence-electron chi connectivity index (χ4n) is 5.62. The van der Waals surface area contributed by atoms with Gasteiger partial charge in [0.25, 0.3) is 0 Å². The van der Waals surface area contributed by atoms with Crippen LogP contribution in [0.25, 0.3) is 22.3 Å². The van der Waals surface area contributed by atoms with E-state index < -0.39 is 11.6 Å². The van der Waals surface area contributed by atoms with Crippen LogP contribution in [0.1, 0.15) is 54.2 Å². The number of pyridine rings is 1. The molecule has 1 N–H and O–H groups in total. The normalized spacial score (nSPS) is 15.1. The van der Waals surface area contributed by atoms with Gasteiger partial charge < -0.3 is 10.5 Å². The van der Waals surface area contributed by atoms with E-state index in [2.05, 4.69) is 15.3 Å². The molecule has 1 aliphatic rings. The number of hydrogen-bond acceptors (Lipinski definition) is 4. The summed E-state index contributed by atoms with van der Waals surface area (Å²) in [6.07, 6.45) is 7.38. The van der Waals surface area contributed by atoms with Crippen LogP contribution in [0.2, 0.25) is 5.02 Å². The molecule has 9 heteroatoms. The Kier molecular flexibility index (Phi) is 8.11. The van der Waals surface area contributed by atoms with Crippen LogP contribution in [-0.2, 0) is 11.2 Å². The lowest BCUT2D eigenvalue weighted by Gasteiger charge is -2.20. The zero-order valence-electron chi connectivity index (χ0n) is 23.1. The number of anilines is 1. The highest BCUT2D eigenvalue weighted by atomic mass is 35.5. The van der Waals surface area contributed by atoms with Crippen molar-refractivity contribution in [1.29, 1.82) is 0 Å². The Morgan fingerprint density at radius 1 is 0.953 bits per heavy atom. The van der Waals surface area contributed by atoms with E-state index in [4.69, 9.17) is 11.6 Å². The average Bonchev–Trinajstić information content (AvgIpc) is 3.00. The number of nitrogens with one attached hydrogen (secondary N) is 1. The third kappa shape index (κ3) is 6.10. The molecule has 0 radical (unpaired) electrons. The molecule has 0 spiro atoms. The lowest BCUT2D eigenvalue weighted by atomic mass is 9.87. The second-order valence-electron chi connectivity index (χ2n) is 10.6. The van der Waals surface area contributed by atoms with Crippen molar-refractivity contribution in [2.24, 2.45) is 0 Å². The Bertz CT molecular complexity index is 1820. The van der Waals surface area contributed by atoms with Crippen molar-refractivity contribution in [3.8, 4) is 22.3 Å². The van der Waals surface area contributed by atoms with Crippen molar-refractivity contribution in [3.05, 3.63) is 136 Å². The average molecular weight is 597 g/mol. The highest BCUT2D eigenvalue weighted by Crippen LogP contribution is 2.36. The topological polar surface area (TPSA) is 81.8 Å². The molecular weight excluding hydrogens is 570 g/mol. The van der Waals surface area contributed by atoms with Gasteiger partial charge in [0.05, 0.1) is 22.1 Å². The minimum atomic E-state index is -0.912. The monoisotopic (exact) mass is 596 g/mol. The first kappa shape index (κ1) is 28.4. The van der Waals surface area contributed by atoms with Gasteiger partial charge in [0, 0.05) is 42.6 Å². The van der Waals surface area contributed by atoms with E-state index in [9.17, 15) is 18.8 Å². The lowest BCUT2D eigenvalue weighted by molar-refractivity contribution is -0.614. The van der Waals surface area contributed by atoms with Gasteiger partial charge in [0.2, 0.25) is 5.91 Å². The molecule has 43 heavy (non-hydrogen) atoms. The van der Waals surface area contributed by atoms with Crippen molar-refractivity contribution in [3.63, 3.8) is 0 Å². The molecule has 0 unspecified atom stereocenters. The van der Waals surface area contributed by atoms with Gasteiger partial charge in [-0.25, -0.2) is 18.7 Å². The number of halogens is 3. The van der Waals surface area contributed by atoms with Crippen molar-refractivity contribution < 1.29 is 18.3 Å². The van der Waals surface area contributed by atoms with E-state index in [-0.39, 0.29) is 28.0 Å². The largest absolute Gasteiger partial charge is 0.618 e. The van der Waals surface area contributed by atoms with Crippen LogP contribution >= 0.6 is 11.6 Å². The highest BCUT2D eigenvalue weighted by Gasteiger charge is 2.25. The van der Waals surface area contributed by atoms with Gasteiger partial charge in [0.1, 0.15) is 11.6 Å². The molecular formula is C34H27ClF2N4O2. The summed E-state index contributed by atoms with van der Waals surface area (Å²) in [7, 11) is 0. The number of hydrogen-bond donors (Lipinski definition) is 1. The SMILES string of the molecule is O=C1CCCC[C@H](c2ccc(-c3c(F)ccc(Cl)c3F)c[n+]2[O-])c2cccc(c2)-c2ccc(Cc3ncccn3)cc2N1. The first-order valence-corrected chi connectivity index (χ1v) is 14.4. The van der Waals surface area contributed by atoms with Crippen LogP contribution in [0, 0.1) is 16.8 Å². The summed E-state index contributed by atoms with van der Waals surface area (Å²) in [5.74, 6) is -1.42. The van der Waals surface area contributed by atoms with Crippen LogP contribution in [0.3, 0.4) is 0 Å². The van der Waals surface area contributed by atoms with E-state index in [1.807, 2.05) is 42.5 Å². The molecule has 0 aliphatic carbocycles. The molecule has 6 nitrogen and oxygen atoms in total. The van der Waals surface area contributed by atoms with Gasteiger partial charge in [0.15, 0.2) is 17.7 Å². The minimum Gasteiger partial charge on any atom is -0.618 e. The molecule has 6 rings (SSSR count). The number of nitrogens with zero attached hydrogens (tertiary/aromatic N) is 3. The summed E-state index contributed by atoms with van der Waals surface area (Å²) in [5.41, 5.74) is 4.53. The number of amides is 1. The molecule has 3 aromatic carbocycles. The predicted octanol–water partition coefficient (Wildman–Crippen LogP) is 7.61. The Hall–Kier alpha value is -4.69. The number of rotatable bonds is 4. The summed E-state index contributed by atoms with van der Waals surface area (Å²) < 4.78 is 29.9. The standard InChI is InChI=1S/C34H27ClF2N4O2/c35-27-12-13-28(36)33(34(27)37)24-10-14-30(41(43)20-24)26-7-1-2-8-32(42)40-29-17-21(18-31-38-15-4-16-39-31)9-11-25(29)22-5-3-6-23(26)19-22/h3-6,9-17,19-20,26H,1-2,7-8,18H2,(H,40,42)/t26-/m0/s1. The van der Waals surface area contributed by atoms with E-state index in [1.165, 1.54) is 6.20 Å². The molecule has 2 aromatic heterocycles. The molecule has 5 aromatic rings. The van der Waals surface area contributed by atoms with Gasteiger partial charge in [-0.15, -0.1) is 0 Å². The Morgan fingerprint density at radius 2 is 1.79 bits per heavy atom. The molecule has 3 heterocycles. The number of aromatic nitrogens is 3. The highest BCUT2D eigenvalue weighted by molar-refractivity contribution is 6.31. The van der Waals surface area contributed by atoms with E-state index >= 15 is 0 Å². The summed E-state index contributed by atoms with van der Waals surface area (Å²) in [6.45, 7) is 0. The Morgan fingerprint density at radius 3 is 2.60 bits per heavy atom. The van der Waals surface area contributed by atoms with Crippen LogP contribution in [0.4, 0.5) is 14.5 Å². The van der Waals surface area contributed by atoms with Crippen molar-refractivity contribution in [1.82, 2.24) is 9.97 Å². The first-order chi connectivity index (χ1) is 20.9. The number of fused-ring (bicyclic) bond motifs is 4. The van der Waals surface area contributed by atoms with Crippen LogP contribution in [0.5, 0.6) is 0 Å². The molecule has 1 atom stereocenters. The Balaban J connectivity index is 1.39. The van der Waals surface area contributed by atoms with Crippen LogP contribution in [-0.4, -0.2) is 15.9 Å². The van der Waals surface area contributed by atoms with Gasteiger partial charge in [-0.1, -0.05) is 54.4 Å². The van der Waals surface area contributed by atoms with Crippen molar-refractivity contribution >= 4 is 23.2 Å². The molecule has 0 saturated carbocycles. The molecule has 0 saturated heterocycles. The van der Waals surface area contributed by atoms with E-state index in [1.54, 1.807) is 30.6 Å². The maximum absolute atomic E-state index is 14.7. The van der Waals surface area contributed by atoms with Gasteiger partial charge in [-0.2, -0.15) is 4.73 Å². The summed E-state index contributed by atoms with van der Waals surface area (Å²) in [5, 5.41) is 16.3. The van der Waals surface area contributed by atoms with Gasteiger partial charge >= 0.3 is 0 Å². The second kappa shape index (κ2) is 12.3. The third-order valence-corrected chi connectivity index (χ3v) is 8.01. The predicted molar refractivity (Wildman–Crippen MR) is 161 cm³/mol. The molecule has 0 fully saturated rings. The molecule has 1 aliphatic heterocycles. The molecule has 2 bridgehead atoms. The van der Waals surface area contributed by atoms with E-state index in [0.29, 0.717) is 54.0 Å². The zero-order valence-corrected chi connectivity index (χ0v) is 23.8. The van der Waals surface area contributed by atoms with E-state index in [0.717, 1.165) is 34.4 Å². The number of benzene rings is 3. The number of carbonyl (C=O) groups excluding carboxylic acids is 1. The maximum Gasteiger partial charge on any atom is 0.224 e. The van der Waals surface area contributed by atoms with Crippen molar-refractivity contribution in [2.75, 3.05) is 5.32 Å². The van der Waals surface area contributed by atoms with Crippen LogP contribution in [0.15, 0.2) is 91.4 Å².